The lowest BCUT2D eigenvalue weighted by Crippen LogP contribution is -3.15. The molecule has 1 N–H and O–H groups in total. The van der Waals surface area contributed by atoms with Crippen LogP contribution >= 0.6 is 0 Å². The Kier molecular flexibility index (Phi) is 6.75. The maximum Gasteiger partial charge on any atom is 0.279 e. The van der Waals surface area contributed by atoms with Gasteiger partial charge in [-0.15, -0.1) is 0 Å². The normalized spacial score (nSPS) is 22.6. The minimum Gasteiger partial charge on any atom is -0.370 e. The molecule has 0 unspecified atom stereocenters. The number of nitrogens with zero attached hydrogens (tertiary/aromatic N) is 2. The molecule has 2 aliphatic rings. The van der Waals surface area contributed by atoms with E-state index in [-0.39, 0.29) is 16.7 Å². The smallest absolute Gasteiger partial charge is 0.279 e. The van der Waals surface area contributed by atoms with Crippen molar-refractivity contribution in [2.75, 3.05) is 45.9 Å². The van der Waals surface area contributed by atoms with E-state index in [1.165, 1.54) is 9.21 Å². The van der Waals surface area contributed by atoms with Crippen molar-refractivity contribution in [3.8, 4) is 0 Å². The van der Waals surface area contributed by atoms with Crippen molar-refractivity contribution in [2.24, 2.45) is 5.92 Å². The van der Waals surface area contributed by atoms with Gasteiger partial charge in [0.25, 0.3) is 5.91 Å². The molecular weight excluding hydrogens is 378 g/mol. The summed E-state index contributed by atoms with van der Waals surface area (Å²) in [5.41, 5.74) is 1.02. The van der Waals surface area contributed by atoms with Gasteiger partial charge in [-0.3, -0.25) is 4.79 Å². The molecule has 156 valence electrons. The Bertz CT molecular complexity index is 773. The van der Waals surface area contributed by atoms with Gasteiger partial charge in [0, 0.05) is 13.1 Å². The molecule has 1 aromatic carbocycles. The lowest BCUT2D eigenvalue weighted by Gasteiger charge is -2.45. The number of carbonyl (C=O) groups is 1. The molecule has 0 aromatic heterocycles. The molecule has 0 aliphatic carbocycles. The third-order valence-electron chi connectivity index (χ3n) is 5.54. The third kappa shape index (κ3) is 4.56. The molecule has 3 rings (SSSR count). The minimum atomic E-state index is -3.66. The number of sulfonamides is 1. The topological polar surface area (TPSA) is 71.4 Å². The first-order valence-corrected chi connectivity index (χ1v) is 11.5. The van der Waals surface area contributed by atoms with E-state index in [4.69, 9.17) is 4.74 Å². The Morgan fingerprint density at radius 3 is 2.43 bits per heavy atom. The van der Waals surface area contributed by atoms with Crippen molar-refractivity contribution in [1.29, 1.82) is 0 Å². The Labute approximate surface area is 168 Å². The first kappa shape index (κ1) is 21.2. The zero-order valence-corrected chi connectivity index (χ0v) is 17.9. The van der Waals surface area contributed by atoms with Gasteiger partial charge in [0.15, 0.2) is 6.54 Å². The van der Waals surface area contributed by atoms with E-state index in [9.17, 15) is 13.2 Å². The minimum absolute atomic E-state index is 0.00385. The van der Waals surface area contributed by atoms with Crippen LogP contribution in [0.1, 0.15) is 25.8 Å². The molecule has 2 heterocycles. The van der Waals surface area contributed by atoms with Crippen LogP contribution in [0.4, 0.5) is 0 Å². The van der Waals surface area contributed by atoms with Crippen LogP contribution in [-0.4, -0.2) is 75.6 Å². The van der Waals surface area contributed by atoms with Gasteiger partial charge >= 0.3 is 0 Å². The lowest BCUT2D eigenvalue weighted by atomic mass is 10.1. The molecule has 1 aromatic rings. The number of rotatable bonds is 5. The van der Waals surface area contributed by atoms with Crippen molar-refractivity contribution < 1.29 is 22.8 Å². The predicted octanol–water partition coefficient (Wildman–Crippen LogP) is 0.115. The van der Waals surface area contributed by atoms with E-state index in [1.807, 2.05) is 32.9 Å². The van der Waals surface area contributed by atoms with Crippen LogP contribution in [-0.2, 0) is 19.6 Å². The van der Waals surface area contributed by atoms with E-state index >= 15 is 0 Å². The fraction of sp³-hybridized carbons (Fsp3) is 0.650. The number of morpholine rings is 1. The van der Waals surface area contributed by atoms with Crippen LogP contribution in [0.15, 0.2) is 29.2 Å². The number of aryl methyl sites for hydroxylation is 1. The Balaban J connectivity index is 1.83. The van der Waals surface area contributed by atoms with Crippen molar-refractivity contribution in [3.05, 3.63) is 29.8 Å². The van der Waals surface area contributed by atoms with Crippen molar-refractivity contribution in [1.82, 2.24) is 9.21 Å². The number of benzene rings is 1. The predicted molar refractivity (Wildman–Crippen MR) is 106 cm³/mol. The van der Waals surface area contributed by atoms with Gasteiger partial charge in [0.2, 0.25) is 10.0 Å². The second-order valence-electron chi connectivity index (χ2n) is 8.07. The SMILES string of the molecule is Cc1ccc(S(=O)(=O)N2CCCN(C(=O)C[NH+]3CCOCC3)[C@H]2C(C)C)cc1. The molecule has 2 fully saturated rings. The Morgan fingerprint density at radius 1 is 1.18 bits per heavy atom. The molecule has 0 spiro atoms. The monoisotopic (exact) mass is 410 g/mol. The summed E-state index contributed by atoms with van der Waals surface area (Å²) < 4.78 is 33.6. The zero-order valence-electron chi connectivity index (χ0n) is 17.1. The van der Waals surface area contributed by atoms with Gasteiger partial charge in [-0.05, 0) is 31.4 Å². The third-order valence-corrected chi connectivity index (χ3v) is 7.42. The van der Waals surface area contributed by atoms with E-state index in [0.29, 0.717) is 39.3 Å². The van der Waals surface area contributed by atoms with Crippen LogP contribution in [0, 0.1) is 12.8 Å². The number of quaternary nitrogens is 1. The highest BCUT2D eigenvalue weighted by Crippen LogP contribution is 2.28. The van der Waals surface area contributed by atoms with Gasteiger partial charge in [0.1, 0.15) is 19.3 Å². The summed E-state index contributed by atoms with van der Waals surface area (Å²) in [6, 6.07) is 6.93. The number of nitrogens with one attached hydrogen (secondary N) is 1. The Hall–Kier alpha value is -1.48. The average molecular weight is 411 g/mol. The molecule has 1 atom stereocenters. The van der Waals surface area contributed by atoms with Crippen LogP contribution in [0.25, 0.3) is 0 Å². The zero-order chi connectivity index (χ0) is 20.3. The molecule has 7 nitrogen and oxygen atoms in total. The van der Waals surface area contributed by atoms with Crippen molar-refractivity contribution >= 4 is 15.9 Å². The van der Waals surface area contributed by atoms with Crippen LogP contribution in [0.3, 0.4) is 0 Å². The van der Waals surface area contributed by atoms with E-state index in [0.717, 1.165) is 18.7 Å². The molecule has 0 saturated carbocycles. The summed E-state index contributed by atoms with van der Waals surface area (Å²) >= 11 is 0. The molecule has 28 heavy (non-hydrogen) atoms. The number of ether oxygens (including phenoxy) is 1. The standard InChI is InChI=1S/C20H31N3O4S/c1-16(2)20-22(19(24)15-21-11-13-27-14-12-21)9-4-10-23(20)28(25,26)18-7-5-17(3)6-8-18/h5-8,16,20H,4,9-15H2,1-3H3/p+1/t20-/m1/s1. The number of hydrogen-bond acceptors (Lipinski definition) is 4. The molecule has 8 heteroatoms. The molecule has 1 amide bonds. The summed E-state index contributed by atoms with van der Waals surface area (Å²) in [5.74, 6) is 0.0311. The molecule has 0 bridgehead atoms. The van der Waals surface area contributed by atoms with Gasteiger partial charge in [-0.2, -0.15) is 4.31 Å². The average Bonchev–Trinajstić information content (AvgIpc) is 2.68. The second kappa shape index (κ2) is 8.90. The van der Waals surface area contributed by atoms with Crippen molar-refractivity contribution in [3.63, 3.8) is 0 Å². The first-order chi connectivity index (χ1) is 13.3. The maximum absolute atomic E-state index is 13.3. The van der Waals surface area contributed by atoms with Gasteiger partial charge in [-0.1, -0.05) is 31.5 Å². The van der Waals surface area contributed by atoms with Gasteiger partial charge < -0.3 is 14.5 Å². The molecule has 2 aliphatic heterocycles. The summed E-state index contributed by atoms with van der Waals surface area (Å²) in [4.78, 5) is 16.4. The van der Waals surface area contributed by atoms with Crippen LogP contribution in [0.2, 0.25) is 0 Å². The molecular formula is C20H32N3O4S+. The summed E-state index contributed by atoms with van der Waals surface area (Å²) in [6.07, 6.45) is 0.200. The molecule has 2 saturated heterocycles. The fourth-order valence-electron chi connectivity index (χ4n) is 4.04. The van der Waals surface area contributed by atoms with Gasteiger partial charge in [0.05, 0.1) is 18.1 Å². The highest BCUT2D eigenvalue weighted by Gasteiger charge is 2.42. The quantitative estimate of drug-likeness (QED) is 0.748. The fourth-order valence-corrected chi connectivity index (χ4v) is 5.80. The second-order valence-corrected chi connectivity index (χ2v) is 9.96. The van der Waals surface area contributed by atoms with Gasteiger partial charge in [-0.25, -0.2) is 8.42 Å². The highest BCUT2D eigenvalue weighted by atomic mass is 32.2. The number of hydrogen-bond donors (Lipinski definition) is 1. The maximum atomic E-state index is 13.3. The largest absolute Gasteiger partial charge is 0.370 e. The number of amides is 1. The van der Waals surface area contributed by atoms with Crippen LogP contribution < -0.4 is 4.90 Å². The Morgan fingerprint density at radius 2 is 1.82 bits per heavy atom. The summed E-state index contributed by atoms with van der Waals surface area (Å²) in [6.45, 7) is 10.3. The summed E-state index contributed by atoms with van der Waals surface area (Å²) in [7, 11) is -3.66. The van der Waals surface area contributed by atoms with E-state index in [1.54, 1.807) is 17.0 Å². The van der Waals surface area contributed by atoms with Crippen LogP contribution in [0.5, 0.6) is 0 Å². The number of carbonyl (C=O) groups excluding carboxylic acids is 1. The summed E-state index contributed by atoms with van der Waals surface area (Å²) in [5, 5.41) is 0. The van der Waals surface area contributed by atoms with E-state index < -0.39 is 16.2 Å². The molecule has 0 radical (unpaired) electrons. The first-order valence-electron chi connectivity index (χ1n) is 10.1. The highest BCUT2D eigenvalue weighted by molar-refractivity contribution is 7.89. The van der Waals surface area contributed by atoms with E-state index in [2.05, 4.69) is 0 Å². The lowest BCUT2D eigenvalue weighted by molar-refractivity contribution is -0.900. The van der Waals surface area contributed by atoms with Crippen molar-refractivity contribution in [2.45, 2.75) is 38.3 Å².